The second-order valence-corrected chi connectivity index (χ2v) is 7.98. The maximum atomic E-state index is 5.88. The van der Waals surface area contributed by atoms with Gasteiger partial charge in [0.2, 0.25) is 5.95 Å². The van der Waals surface area contributed by atoms with Gasteiger partial charge in [-0.25, -0.2) is 4.98 Å². The van der Waals surface area contributed by atoms with Crippen molar-refractivity contribution in [3.63, 3.8) is 0 Å². The summed E-state index contributed by atoms with van der Waals surface area (Å²) >= 11 is 0. The summed E-state index contributed by atoms with van der Waals surface area (Å²) in [7, 11) is 0. The second kappa shape index (κ2) is 8.05. The Hall–Kier alpha value is -2.19. The number of ether oxygens (including phenoxy) is 2. The van der Waals surface area contributed by atoms with Gasteiger partial charge in [-0.3, -0.25) is 0 Å². The number of hydrogen-bond acceptors (Lipinski definition) is 8. The Kier molecular flexibility index (Phi) is 5.50. The van der Waals surface area contributed by atoms with E-state index in [-0.39, 0.29) is 12.2 Å². The van der Waals surface area contributed by atoms with Crippen molar-refractivity contribution in [2.24, 2.45) is 0 Å². The summed E-state index contributed by atoms with van der Waals surface area (Å²) in [6.45, 7) is 13.0. The number of fused-ring (bicyclic) bond motifs is 1. The Morgan fingerprint density at radius 1 is 1.00 bits per heavy atom. The molecule has 0 aromatic carbocycles. The van der Waals surface area contributed by atoms with Gasteiger partial charge in [0.1, 0.15) is 11.6 Å². The highest BCUT2D eigenvalue weighted by molar-refractivity contribution is 5.89. The highest BCUT2D eigenvalue weighted by atomic mass is 16.5. The number of aromatic nitrogens is 3. The first-order valence-electron chi connectivity index (χ1n) is 10.2. The van der Waals surface area contributed by atoms with Crippen molar-refractivity contribution in [3.8, 4) is 0 Å². The molecule has 0 spiro atoms. The maximum absolute atomic E-state index is 5.88. The number of morpholine rings is 2. The molecule has 2 aromatic heterocycles. The molecule has 2 aliphatic rings. The van der Waals surface area contributed by atoms with E-state index in [9.17, 15) is 0 Å². The van der Waals surface area contributed by atoms with Crippen LogP contribution in [0, 0.1) is 0 Å². The fraction of sp³-hybridized carbons (Fsp3) is 0.650. The van der Waals surface area contributed by atoms with Crippen LogP contribution in [0.3, 0.4) is 0 Å². The van der Waals surface area contributed by atoms with E-state index in [2.05, 4.69) is 48.9 Å². The third-order valence-electron chi connectivity index (χ3n) is 4.98. The van der Waals surface area contributed by atoms with Crippen LogP contribution < -0.4 is 15.1 Å². The van der Waals surface area contributed by atoms with E-state index in [1.807, 2.05) is 6.07 Å². The lowest BCUT2D eigenvalue weighted by Gasteiger charge is -2.36. The van der Waals surface area contributed by atoms with Crippen LogP contribution >= 0.6 is 0 Å². The summed E-state index contributed by atoms with van der Waals surface area (Å²) < 4.78 is 11.4. The Bertz CT molecular complexity index is 814. The van der Waals surface area contributed by atoms with Gasteiger partial charge < -0.3 is 24.6 Å². The first-order valence-corrected chi connectivity index (χ1v) is 10.2. The molecule has 2 aliphatic heterocycles. The van der Waals surface area contributed by atoms with Crippen LogP contribution in [0.15, 0.2) is 12.1 Å². The van der Waals surface area contributed by atoms with Crippen molar-refractivity contribution in [3.05, 3.63) is 12.1 Å². The Labute approximate surface area is 166 Å². The van der Waals surface area contributed by atoms with Crippen LogP contribution in [0.25, 0.3) is 11.0 Å². The standard InChI is InChI=1S/C20H30N6O2/c1-13(2)21-17-6-5-16-18(22-17)23-20(26-11-14(3)28-15(4)12-26)24-19(16)25-7-9-27-10-8-25/h5-6,13-15H,7-12H2,1-4H3,(H,21,22,23,24). The Morgan fingerprint density at radius 2 is 1.71 bits per heavy atom. The molecule has 0 bridgehead atoms. The minimum Gasteiger partial charge on any atom is -0.378 e. The van der Waals surface area contributed by atoms with Crippen molar-refractivity contribution in [1.29, 1.82) is 0 Å². The van der Waals surface area contributed by atoms with Crippen LogP contribution in [-0.4, -0.2) is 72.6 Å². The third kappa shape index (κ3) is 4.12. The van der Waals surface area contributed by atoms with Gasteiger partial charge in [0, 0.05) is 32.2 Å². The van der Waals surface area contributed by atoms with Gasteiger partial charge in [0.15, 0.2) is 5.65 Å². The molecule has 2 atom stereocenters. The van der Waals surface area contributed by atoms with E-state index in [1.54, 1.807) is 0 Å². The predicted octanol–water partition coefficient (Wildman–Crippen LogP) is 2.30. The molecule has 1 N–H and O–H groups in total. The predicted molar refractivity (Wildman–Crippen MR) is 111 cm³/mol. The number of rotatable bonds is 4. The van der Waals surface area contributed by atoms with Gasteiger partial charge in [-0.2, -0.15) is 9.97 Å². The molecule has 0 amide bonds. The summed E-state index contributed by atoms with van der Waals surface area (Å²) in [6, 6.07) is 4.39. The van der Waals surface area contributed by atoms with E-state index in [0.717, 1.165) is 54.8 Å². The van der Waals surface area contributed by atoms with Crippen molar-refractivity contribution < 1.29 is 9.47 Å². The fourth-order valence-electron chi connectivity index (χ4n) is 3.86. The summed E-state index contributed by atoms with van der Waals surface area (Å²) in [5.41, 5.74) is 0.726. The van der Waals surface area contributed by atoms with E-state index in [4.69, 9.17) is 24.4 Å². The van der Waals surface area contributed by atoms with Crippen LogP contribution in [0.5, 0.6) is 0 Å². The molecular weight excluding hydrogens is 356 g/mol. The zero-order chi connectivity index (χ0) is 19.7. The van der Waals surface area contributed by atoms with E-state index >= 15 is 0 Å². The summed E-state index contributed by atoms with van der Waals surface area (Å²) in [5.74, 6) is 2.51. The lowest BCUT2D eigenvalue weighted by molar-refractivity contribution is -0.00570. The Morgan fingerprint density at radius 3 is 2.39 bits per heavy atom. The molecule has 0 aliphatic carbocycles. The number of pyridine rings is 1. The van der Waals surface area contributed by atoms with Crippen LogP contribution in [0.2, 0.25) is 0 Å². The van der Waals surface area contributed by atoms with Crippen molar-refractivity contribution in [1.82, 2.24) is 15.0 Å². The largest absolute Gasteiger partial charge is 0.378 e. The average Bonchev–Trinajstić information content (AvgIpc) is 2.66. The minimum atomic E-state index is 0.150. The number of nitrogens with zero attached hydrogens (tertiary/aromatic N) is 5. The molecule has 4 heterocycles. The van der Waals surface area contributed by atoms with Crippen molar-refractivity contribution in [2.45, 2.75) is 45.9 Å². The molecule has 4 rings (SSSR count). The molecule has 2 saturated heterocycles. The molecule has 0 saturated carbocycles. The van der Waals surface area contributed by atoms with Gasteiger partial charge in [-0.1, -0.05) is 0 Å². The quantitative estimate of drug-likeness (QED) is 0.858. The van der Waals surface area contributed by atoms with Crippen molar-refractivity contribution in [2.75, 3.05) is 54.5 Å². The summed E-state index contributed by atoms with van der Waals surface area (Å²) in [6.07, 6.45) is 0.300. The van der Waals surface area contributed by atoms with Crippen LogP contribution in [-0.2, 0) is 9.47 Å². The fourth-order valence-corrected chi connectivity index (χ4v) is 3.86. The minimum absolute atomic E-state index is 0.150. The maximum Gasteiger partial charge on any atom is 0.229 e. The van der Waals surface area contributed by atoms with Gasteiger partial charge in [-0.05, 0) is 39.8 Å². The van der Waals surface area contributed by atoms with Crippen molar-refractivity contribution >= 4 is 28.6 Å². The lowest BCUT2D eigenvalue weighted by atomic mass is 10.2. The number of nitrogens with one attached hydrogen (secondary N) is 1. The van der Waals surface area contributed by atoms with Gasteiger partial charge in [0.05, 0.1) is 30.8 Å². The number of anilines is 3. The van der Waals surface area contributed by atoms with Gasteiger partial charge >= 0.3 is 0 Å². The summed E-state index contributed by atoms with van der Waals surface area (Å²) in [5, 5.41) is 4.35. The number of hydrogen-bond donors (Lipinski definition) is 1. The first-order chi connectivity index (χ1) is 13.5. The zero-order valence-corrected chi connectivity index (χ0v) is 17.2. The molecule has 2 unspecified atom stereocenters. The summed E-state index contributed by atoms with van der Waals surface area (Å²) in [4.78, 5) is 19.1. The van der Waals surface area contributed by atoms with E-state index < -0.39 is 0 Å². The zero-order valence-electron chi connectivity index (χ0n) is 17.2. The molecule has 0 radical (unpaired) electrons. The Balaban J connectivity index is 1.77. The molecule has 2 aromatic rings. The third-order valence-corrected chi connectivity index (χ3v) is 4.98. The van der Waals surface area contributed by atoms with Gasteiger partial charge in [-0.15, -0.1) is 0 Å². The highest BCUT2D eigenvalue weighted by Gasteiger charge is 2.26. The van der Waals surface area contributed by atoms with Gasteiger partial charge in [0.25, 0.3) is 0 Å². The molecule has 152 valence electrons. The van der Waals surface area contributed by atoms with E-state index in [1.165, 1.54) is 0 Å². The molecule has 8 nitrogen and oxygen atoms in total. The molecular formula is C20H30N6O2. The van der Waals surface area contributed by atoms with E-state index in [0.29, 0.717) is 19.3 Å². The second-order valence-electron chi connectivity index (χ2n) is 7.98. The topological polar surface area (TPSA) is 75.6 Å². The monoisotopic (exact) mass is 386 g/mol. The smallest absolute Gasteiger partial charge is 0.229 e. The highest BCUT2D eigenvalue weighted by Crippen LogP contribution is 2.28. The SMILES string of the molecule is CC(C)Nc1ccc2c(N3CCOCC3)nc(N3CC(C)OC(C)C3)nc2n1. The normalized spacial score (nSPS) is 23.5. The molecule has 8 heteroatoms. The molecule has 28 heavy (non-hydrogen) atoms. The first kappa shape index (κ1) is 19.1. The molecule has 2 fully saturated rings. The average molecular weight is 387 g/mol. The lowest BCUT2D eigenvalue weighted by Crippen LogP contribution is -2.46. The van der Waals surface area contributed by atoms with Crippen LogP contribution in [0.4, 0.5) is 17.6 Å². The van der Waals surface area contributed by atoms with Crippen LogP contribution in [0.1, 0.15) is 27.7 Å².